The molecule has 0 aromatic heterocycles. The van der Waals surface area contributed by atoms with Crippen LogP contribution in [-0.2, 0) is 0 Å². The SMILES string of the molecule is CCCN1CC(CN(C)C)NC(C)(C)C1. The van der Waals surface area contributed by atoms with E-state index in [0.717, 1.165) is 6.54 Å². The number of nitrogens with zero attached hydrogens (tertiary/aromatic N) is 2. The first-order chi connectivity index (χ1) is 6.93. The van der Waals surface area contributed by atoms with Gasteiger partial charge in [0, 0.05) is 31.2 Å². The lowest BCUT2D eigenvalue weighted by Crippen LogP contribution is -2.64. The van der Waals surface area contributed by atoms with Gasteiger partial charge in [0.15, 0.2) is 0 Å². The maximum atomic E-state index is 3.73. The van der Waals surface area contributed by atoms with Crippen molar-refractivity contribution >= 4 is 0 Å². The molecular formula is C12H27N3. The minimum absolute atomic E-state index is 0.258. The first kappa shape index (κ1) is 12.9. The summed E-state index contributed by atoms with van der Waals surface area (Å²) in [5, 5.41) is 3.73. The molecule has 0 bridgehead atoms. The molecule has 0 radical (unpaired) electrons. The summed E-state index contributed by atoms with van der Waals surface area (Å²) in [6, 6.07) is 0.607. The molecule has 0 aromatic rings. The van der Waals surface area contributed by atoms with Crippen LogP contribution in [-0.4, -0.2) is 61.7 Å². The third kappa shape index (κ3) is 4.49. The number of hydrogen-bond donors (Lipinski definition) is 1. The van der Waals surface area contributed by atoms with Crippen molar-refractivity contribution < 1.29 is 0 Å². The van der Waals surface area contributed by atoms with Gasteiger partial charge in [-0.1, -0.05) is 6.92 Å². The highest BCUT2D eigenvalue weighted by Crippen LogP contribution is 2.14. The Morgan fingerprint density at radius 3 is 2.60 bits per heavy atom. The Labute approximate surface area is 94.8 Å². The molecule has 1 saturated heterocycles. The van der Waals surface area contributed by atoms with Crippen LogP contribution in [0.4, 0.5) is 0 Å². The number of piperazine rings is 1. The topological polar surface area (TPSA) is 18.5 Å². The second-order valence-electron chi connectivity index (χ2n) is 5.72. The predicted molar refractivity (Wildman–Crippen MR) is 66.3 cm³/mol. The van der Waals surface area contributed by atoms with E-state index in [-0.39, 0.29) is 5.54 Å². The molecule has 1 aliphatic heterocycles. The molecule has 1 heterocycles. The normalized spacial score (nSPS) is 27.2. The fourth-order valence-electron chi connectivity index (χ4n) is 2.61. The lowest BCUT2D eigenvalue weighted by atomic mass is 9.98. The van der Waals surface area contributed by atoms with E-state index in [1.54, 1.807) is 0 Å². The van der Waals surface area contributed by atoms with Gasteiger partial charge in [0.1, 0.15) is 0 Å². The third-order valence-electron chi connectivity index (χ3n) is 2.82. The molecule has 0 saturated carbocycles. The van der Waals surface area contributed by atoms with E-state index in [2.05, 4.69) is 50.0 Å². The van der Waals surface area contributed by atoms with Crippen molar-refractivity contribution in [3.63, 3.8) is 0 Å². The van der Waals surface area contributed by atoms with Crippen LogP contribution in [0.2, 0.25) is 0 Å². The average Bonchev–Trinajstić information content (AvgIpc) is 1.99. The van der Waals surface area contributed by atoms with Crippen LogP contribution in [0.15, 0.2) is 0 Å². The second-order valence-corrected chi connectivity index (χ2v) is 5.72. The molecule has 1 aliphatic rings. The third-order valence-corrected chi connectivity index (χ3v) is 2.82. The van der Waals surface area contributed by atoms with Gasteiger partial charge < -0.3 is 10.2 Å². The van der Waals surface area contributed by atoms with Crippen LogP contribution < -0.4 is 5.32 Å². The Bertz CT molecular complexity index is 189. The molecule has 15 heavy (non-hydrogen) atoms. The van der Waals surface area contributed by atoms with Crippen molar-refractivity contribution in [1.82, 2.24) is 15.1 Å². The van der Waals surface area contributed by atoms with Gasteiger partial charge in [-0.15, -0.1) is 0 Å². The zero-order valence-electron chi connectivity index (χ0n) is 11.0. The highest BCUT2D eigenvalue weighted by Gasteiger charge is 2.31. The standard InChI is InChI=1S/C12H27N3/c1-6-7-15-9-11(8-14(4)5)13-12(2,3)10-15/h11,13H,6-10H2,1-5H3. The Balaban J connectivity index is 2.51. The van der Waals surface area contributed by atoms with Gasteiger partial charge in [-0.25, -0.2) is 0 Å². The summed E-state index contributed by atoms with van der Waals surface area (Å²) in [6.07, 6.45) is 1.25. The van der Waals surface area contributed by atoms with E-state index in [9.17, 15) is 0 Å². The second kappa shape index (κ2) is 5.28. The minimum atomic E-state index is 0.258. The molecule has 1 N–H and O–H groups in total. The lowest BCUT2D eigenvalue weighted by molar-refractivity contribution is 0.105. The summed E-state index contributed by atoms with van der Waals surface area (Å²) in [5.41, 5.74) is 0.258. The van der Waals surface area contributed by atoms with Gasteiger partial charge in [-0.05, 0) is 40.9 Å². The van der Waals surface area contributed by atoms with E-state index in [0.29, 0.717) is 6.04 Å². The summed E-state index contributed by atoms with van der Waals surface area (Å²) in [7, 11) is 4.29. The molecule has 1 rings (SSSR count). The van der Waals surface area contributed by atoms with Crippen LogP contribution >= 0.6 is 0 Å². The Morgan fingerprint density at radius 2 is 2.07 bits per heavy atom. The molecule has 0 aromatic carbocycles. The van der Waals surface area contributed by atoms with Gasteiger partial charge in [0.05, 0.1) is 0 Å². The highest BCUT2D eigenvalue weighted by atomic mass is 15.3. The first-order valence-electron chi connectivity index (χ1n) is 6.08. The summed E-state index contributed by atoms with van der Waals surface area (Å²) >= 11 is 0. The van der Waals surface area contributed by atoms with Crippen molar-refractivity contribution in [3.8, 4) is 0 Å². The quantitative estimate of drug-likeness (QED) is 0.752. The van der Waals surface area contributed by atoms with E-state index in [4.69, 9.17) is 0 Å². The van der Waals surface area contributed by atoms with Crippen LogP contribution in [0.5, 0.6) is 0 Å². The molecule has 90 valence electrons. The molecule has 1 atom stereocenters. The maximum Gasteiger partial charge on any atom is 0.0327 e. The Hall–Kier alpha value is -0.120. The predicted octanol–water partition coefficient (Wildman–Crippen LogP) is 1.01. The largest absolute Gasteiger partial charge is 0.308 e. The fourth-order valence-corrected chi connectivity index (χ4v) is 2.61. The fraction of sp³-hybridized carbons (Fsp3) is 1.00. The van der Waals surface area contributed by atoms with E-state index < -0.39 is 0 Å². The molecule has 3 nitrogen and oxygen atoms in total. The summed E-state index contributed by atoms with van der Waals surface area (Å²) in [5.74, 6) is 0. The number of hydrogen-bond acceptors (Lipinski definition) is 3. The van der Waals surface area contributed by atoms with Crippen molar-refractivity contribution in [3.05, 3.63) is 0 Å². The molecule has 1 fully saturated rings. The van der Waals surface area contributed by atoms with Crippen LogP contribution in [0.1, 0.15) is 27.2 Å². The van der Waals surface area contributed by atoms with Gasteiger partial charge in [0.2, 0.25) is 0 Å². The molecule has 3 heteroatoms. The monoisotopic (exact) mass is 213 g/mol. The highest BCUT2D eigenvalue weighted by molar-refractivity contribution is 4.93. The number of likely N-dealkylation sites (N-methyl/N-ethyl adjacent to an activating group) is 1. The number of nitrogens with one attached hydrogen (secondary N) is 1. The van der Waals surface area contributed by atoms with Gasteiger partial charge in [-0.3, -0.25) is 4.90 Å². The molecule has 0 amide bonds. The maximum absolute atomic E-state index is 3.73. The van der Waals surface area contributed by atoms with Crippen molar-refractivity contribution in [1.29, 1.82) is 0 Å². The summed E-state index contributed by atoms with van der Waals surface area (Å²) in [4.78, 5) is 4.86. The summed E-state index contributed by atoms with van der Waals surface area (Å²) < 4.78 is 0. The van der Waals surface area contributed by atoms with Crippen molar-refractivity contribution in [2.75, 3.05) is 40.3 Å². The molecule has 0 spiro atoms. The van der Waals surface area contributed by atoms with E-state index >= 15 is 0 Å². The van der Waals surface area contributed by atoms with Gasteiger partial charge in [-0.2, -0.15) is 0 Å². The Kier molecular flexibility index (Phi) is 4.56. The molecular weight excluding hydrogens is 186 g/mol. The van der Waals surface area contributed by atoms with E-state index in [1.165, 1.54) is 26.1 Å². The van der Waals surface area contributed by atoms with E-state index in [1.807, 2.05) is 0 Å². The molecule has 1 unspecified atom stereocenters. The van der Waals surface area contributed by atoms with Gasteiger partial charge >= 0.3 is 0 Å². The van der Waals surface area contributed by atoms with Gasteiger partial charge in [0.25, 0.3) is 0 Å². The van der Waals surface area contributed by atoms with Crippen LogP contribution in [0.3, 0.4) is 0 Å². The zero-order valence-corrected chi connectivity index (χ0v) is 11.0. The summed E-state index contributed by atoms with van der Waals surface area (Å²) in [6.45, 7) is 11.6. The first-order valence-corrected chi connectivity index (χ1v) is 6.08. The Morgan fingerprint density at radius 1 is 1.40 bits per heavy atom. The number of rotatable bonds is 4. The zero-order chi connectivity index (χ0) is 11.5. The van der Waals surface area contributed by atoms with Crippen LogP contribution in [0, 0.1) is 0 Å². The van der Waals surface area contributed by atoms with Crippen molar-refractivity contribution in [2.24, 2.45) is 0 Å². The average molecular weight is 213 g/mol. The minimum Gasteiger partial charge on any atom is -0.308 e. The smallest absolute Gasteiger partial charge is 0.0327 e. The molecule has 0 aliphatic carbocycles. The van der Waals surface area contributed by atoms with Crippen LogP contribution in [0.25, 0.3) is 0 Å². The lowest BCUT2D eigenvalue weighted by Gasteiger charge is -2.44. The van der Waals surface area contributed by atoms with Crippen molar-refractivity contribution in [2.45, 2.75) is 38.8 Å².